The molecule has 0 aliphatic heterocycles. The largest absolute Gasteiger partial charge is 0.573 e. The molecule has 0 atom stereocenters. The molecule has 2 aromatic rings. The summed E-state index contributed by atoms with van der Waals surface area (Å²) in [6.07, 6.45) is -4.73. The number of pyridine rings is 1. The van der Waals surface area contributed by atoms with Crippen molar-refractivity contribution in [1.82, 2.24) is 4.98 Å². The van der Waals surface area contributed by atoms with Gasteiger partial charge in [-0.15, -0.1) is 13.2 Å². The van der Waals surface area contributed by atoms with E-state index in [-0.39, 0.29) is 23.2 Å². The molecule has 1 heterocycles. The maximum absolute atomic E-state index is 12.0. The third kappa shape index (κ3) is 3.67. The molecule has 106 valence electrons. The lowest BCUT2D eigenvalue weighted by Crippen LogP contribution is -2.16. The van der Waals surface area contributed by atoms with Crippen LogP contribution in [0, 0.1) is 0 Å². The zero-order chi connectivity index (χ0) is 14.8. The number of hydrogen-bond acceptors (Lipinski definition) is 5. The summed E-state index contributed by atoms with van der Waals surface area (Å²) >= 11 is 0. The Hall–Kier alpha value is -2.64. The zero-order valence-electron chi connectivity index (χ0n) is 10.0. The van der Waals surface area contributed by atoms with Crippen LogP contribution in [0.3, 0.4) is 0 Å². The van der Waals surface area contributed by atoms with E-state index in [1.165, 1.54) is 24.3 Å². The number of nitrogen functional groups attached to an aromatic ring is 2. The Bertz CT molecular complexity index is 600. The first-order chi connectivity index (χ1) is 9.33. The second kappa shape index (κ2) is 5.16. The van der Waals surface area contributed by atoms with Crippen LogP contribution in [0.4, 0.5) is 24.7 Å². The van der Waals surface area contributed by atoms with Gasteiger partial charge in [-0.3, -0.25) is 0 Å². The van der Waals surface area contributed by atoms with Crippen LogP contribution in [0.25, 0.3) is 0 Å². The smallest absolute Gasteiger partial charge is 0.439 e. The van der Waals surface area contributed by atoms with Gasteiger partial charge < -0.3 is 20.9 Å². The molecular formula is C12H10F3N3O2. The lowest BCUT2D eigenvalue weighted by Gasteiger charge is -2.10. The molecule has 5 nitrogen and oxygen atoms in total. The average molecular weight is 285 g/mol. The van der Waals surface area contributed by atoms with Gasteiger partial charge in [0.25, 0.3) is 0 Å². The summed E-state index contributed by atoms with van der Waals surface area (Å²) < 4.78 is 45.0. The van der Waals surface area contributed by atoms with Gasteiger partial charge >= 0.3 is 6.36 Å². The molecule has 4 N–H and O–H groups in total. The number of nitrogens with zero attached hydrogens (tertiary/aromatic N) is 1. The molecule has 0 aliphatic carbocycles. The highest BCUT2D eigenvalue weighted by molar-refractivity contribution is 5.58. The monoisotopic (exact) mass is 285 g/mol. The summed E-state index contributed by atoms with van der Waals surface area (Å²) in [6.45, 7) is 0. The second-order valence-electron chi connectivity index (χ2n) is 3.75. The molecule has 1 aromatic carbocycles. The molecule has 1 aromatic heterocycles. The highest BCUT2D eigenvalue weighted by Crippen LogP contribution is 2.27. The molecule has 0 amide bonds. The summed E-state index contributed by atoms with van der Waals surface area (Å²) in [5.74, 6) is 0.242. The first kappa shape index (κ1) is 13.8. The van der Waals surface area contributed by atoms with Crippen LogP contribution in [0.2, 0.25) is 0 Å². The zero-order valence-corrected chi connectivity index (χ0v) is 10.0. The normalized spacial score (nSPS) is 11.2. The number of rotatable bonds is 3. The van der Waals surface area contributed by atoms with Crippen LogP contribution < -0.4 is 20.9 Å². The Kier molecular flexibility index (Phi) is 3.55. The fourth-order valence-electron chi connectivity index (χ4n) is 1.35. The fourth-order valence-corrected chi connectivity index (χ4v) is 1.35. The topological polar surface area (TPSA) is 83.4 Å². The Morgan fingerprint density at radius 3 is 2.05 bits per heavy atom. The van der Waals surface area contributed by atoms with Crippen LogP contribution in [0.5, 0.6) is 17.4 Å². The van der Waals surface area contributed by atoms with E-state index in [1.54, 1.807) is 0 Å². The van der Waals surface area contributed by atoms with Crippen LogP contribution in [0.15, 0.2) is 36.4 Å². The van der Waals surface area contributed by atoms with E-state index in [0.717, 1.165) is 12.1 Å². The van der Waals surface area contributed by atoms with Crippen molar-refractivity contribution in [2.75, 3.05) is 11.5 Å². The van der Waals surface area contributed by atoms with Crippen molar-refractivity contribution in [3.8, 4) is 17.4 Å². The Labute approximate surface area is 111 Å². The average Bonchev–Trinajstić information content (AvgIpc) is 2.35. The maximum Gasteiger partial charge on any atom is 0.573 e. The van der Waals surface area contributed by atoms with E-state index in [1.807, 2.05) is 0 Å². The first-order valence-corrected chi connectivity index (χ1v) is 5.39. The molecule has 0 fully saturated rings. The number of anilines is 2. The third-order valence-electron chi connectivity index (χ3n) is 2.21. The summed E-state index contributed by atoms with van der Waals surface area (Å²) in [4.78, 5) is 3.87. The van der Waals surface area contributed by atoms with Crippen LogP contribution >= 0.6 is 0 Å². The minimum atomic E-state index is -4.73. The predicted molar refractivity (Wildman–Crippen MR) is 66.3 cm³/mol. The van der Waals surface area contributed by atoms with Gasteiger partial charge in [0, 0.05) is 6.07 Å². The van der Waals surface area contributed by atoms with Crippen LogP contribution in [0.1, 0.15) is 0 Å². The molecule has 0 saturated heterocycles. The quantitative estimate of drug-likeness (QED) is 0.905. The molecule has 2 rings (SSSR count). The lowest BCUT2D eigenvalue weighted by molar-refractivity contribution is -0.274. The van der Waals surface area contributed by atoms with Gasteiger partial charge in [-0.25, -0.2) is 0 Å². The van der Waals surface area contributed by atoms with Gasteiger partial charge in [0.2, 0.25) is 5.88 Å². The van der Waals surface area contributed by atoms with Gasteiger partial charge in [0.05, 0.1) is 5.69 Å². The molecule has 0 spiro atoms. The molecule has 0 aliphatic rings. The summed E-state index contributed by atoms with van der Waals surface area (Å²) in [6, 6.07) is 7.89. The maximum atomic E-state index is 12.0. The Morgan fingerprint density at radius 2 is 1.50 bits per heavy atom. The summed E-state index contributed by atoms with van der Waals surface area (Å²) in [7, 11) is 0. The Morgan fingerprint density at radius 1 is 0.900 bits per heavy atom. The number of aromatic nitrogens is 1. The van der Waals surface area contributed by atoms with Crippen molar-refractivity contribution < 1.29 is 22.6 Å². The number of hydrogen-bond donors (Lipinski definition) is 2. The number of benzene rings is 1. The minimum absolute atomic E-state index is 0.111. The van der Waals surface area contributed by atoms with E-state index >= 15 is 0 Å². The first-order valence-electron chi connectivity index (χ1n) is 5.39. The molecule has 20 heavy (non-hydrogen) atoms. The molecular weight excluding hydrogens is 275 g/mol. The number of nitrogens with two attached hydrogens (primary N) is 2. The highest BCUT2D eigenvalue weighted by atomic mass is 19.4. The SMILES string of the molecule is Nc1ccc(Oc2ccc(OC(F)(F)F)cc2)nc1N. The van der Waals surface area contributed by atoms with Crippen molar-refractivity contribution in [3.63, 3.8) is 0 Å². The summed E-state index contributed by atoms with van der Waals surface area (Å²) in [5.41, 5.74) is 11.3. The molecule has 0 unspecified atom stereocenters. The lowest BCUT2D eigenvalue weighted by atomic mass is 10.3. The number of ether oxygens (including phenoxy) is 2. The van der Waals surface area contributed by atoms with Crippen LogP contribution in [-0.4, -0.2) is 11.3 Å². The van der Waals surface area contributed by atoms with E-state index in [4.69, 9.17) is 16.2 Å². The van der Waals surface area contributed by atoms with E-state index in [2.05, 4.69) is 9.72 Å². The second-order valence-corrected chi connectivity index (χ2v) is 3.75. The number of halogens is 3. The van der Waals surface area contributed by atoms with E-state index in [0.29, 0.717) is 5.69 Å². The minimum Gasteiger partial charge on any atom is -0.439 e. The van der Waals surface area contributed by atoms with E-state index < -0.39 is 6.36 Å². The highest BCUT2D eigenvalue weighted by Gasteiger charge is 2.30. The predicted octanol–water partition coefficient (Wildman–Crippen LogP) is 2.94. The summed E-state index contributed by atoms with van der Waals surface area (Å²) in [5, 5.41) is 0. The van der Waals surface area contributed by atoms with Crippen molar-refractivity contribution in [3.05, 3.63) is 36.4 Å². The molecule has 8 heteroatoms. The van der Waals surface area contributed by atoms with Crippen molar-refractivity contribution in [2.45, 2.75) is 6.36 Å². The van der Waals surface area contributed by atoms with Crippen molar-refractivity contribution in [1.29, 1.82) is 0 Å². The molecule has 0 radical (unpaired) electrons. The van der Waals surface area contributed by atoms with Gasteiger partial charge in [0.15, 0.2) is 5.82 Å². The van der Waals surface area contributed by atoms with Gasteiger partial charge in [0.1, 0.15) is 11.5 Å². The molecule has 0 bridgehead atoms. The van der Waals surface area contributed by atoms with Crippen LogP contribution in [-0.2, 0) is 0 Å². The van der Waals surface area contributed by atoms with Crippen molar-refractivity contribution >= 4 is 11.5 Å². The molecule has 0 saturated carbocycles. The number of alkyl halides is 3. The standard InChI is InChI=1S/C12H10F3N3O2/c13-12(14,15)20-8-3-1-7(2-4-8)19-10-6-5-9(16)11(17)18-10/h1-6H,16H2,(H2,17,18). The Balaban J connectivity index is 2.08. The van der Waals surface area contributed by atoms with Gasteiger partial charge in [-0.05, 0) is 30.3 Å². The van der Waals surface area contributed by atoms with Gasteiger partial charge in [-0.2, -0.15) is 4.98 Å². The fraction of sp³-hybridized carbons (Fsp3) is 0.0833. The van der Waals surface area contributed by atoms with E-state index in [9.17, 15) is 13.2 Å². The third-order valence-corrected chi connectivity index (χ3v) is 2.21. The van der Waals surface area contributed by atoms with Gasteiger partial charge in [-0.1, -0.05) is 0 Å². The van der Waals surface area contributed by atoms with Crippen molar-refractivity contribution in [2.24, 2.45) is 0 Å².